The largest absolute Gasteiger partial charge is 0.386 e. The van der Waals surface area contributed by atoms with Crippen LogP contribution in [0.4, 0.5) is 0 Å². The molecule has 0 aromatic heterocycles. The molecule has 2 rings (SSSR count). The number of aliphatic hydroxyl groups excluding tert-OH is 1. The SMILES string of the molecule is C=C1C(O)CN(Cc2ccccc2)S1(=O)=O. The number of sulfonamides is 1. The van der Waals surface area contributed by atoms with Gasteiger partial charge in [0.1, 0.15) is 6.10 Å². The van der Waals surface area contributed by atoms with Crippen LogP contribution in [-0.4, -0.2) is 30.5 Å². The molecule has 0 spiro atoms. The van der Waals surface area contributed by atoms with E-state index in [0.29, 0.717) is 0 Å². The summed E-state index contributed by atoms with van der Waals surface area (Å²) >= 11 is 0. The van der Waals surface area contributed by atoms with Crippen LogP contribution in [0.2, 0.25) is 0 Å². The Morgan fingerprint density at radius 3 is 2.50 bits per heavy atom. The van der Waals surface area contributed by atoms with Gasteiger partial charge in [-0.2, -0.15) is 4.31 Å². The van der Waals surface area contributed by atoms with Gasteiger partial charge in [-0.3, -0.25) is 0 Å². The molecule has 1 heterocycles. The maximum Gasteiger partial charge on any atom is 0.241 e. The molecule has 4 nitrogen and oxygen atoms in total. The smallest absolute Gasteiger partial charge is 0.241 e. The summed E-state index contributed by atoms with van der Waals surface area (Å²) in [4.78, 5) is -0.108. The highest BCUT2D eigenvalue weighted by Gasteiger charge is 2.38. The van der Waals surface area contributed by atoms with Crippen LogP contribution in [0.5, 0.6) is 0 Å². The van der Waals surface area contributed by atoms with Crippen molar-refractivity contribution in [3.05, 3.63) is 47.4 Å². The third-order valence-corrected chi connectivity index (χ3v) is 4.51. The summed E-state index contributed by atoms with van der Waals surface area (Å²) in [6.45, 7) is 3.77. The Morgan fingerprint density at radius 1 is 1.38 bits per heavy atom. The van der Waals surface area contributed by atoms with Gasteiger partial charge >= 0.3 is 0 Å². The minimum absolute atomic E-state index is 0.0933. The summed E-state index contributed by atoms with van der Waals surface area (Å²) in [6.07, 6.45) is -0.978. The zero-order chi connectivity index (χ0) is 11.8. The molecule has 0 saturated carbocycles. The molecule has 1 aromatic rings. The molecule has 1 saturated heterocycles. The summed E-state index contributed by atoms with van der Waals surface area (Å²) in [5.41, 5.74) is 0.896. The predicted molar refractivity (Wildman–Crippen MR) is 60.9 cm³/mol. The van der Waals surface area contributed by atoms with Gasteiger partial charge in [-0.1, -0.05) is 36.9 Å². The summed E-state index contributed by atoms with van der Waals surface area (Å²) in [7, 11) is -3.52. The number of benzene rings is 1. The Bertz CT molecular complexity index is 495. The topological polar surface area (TPSA) is 57.6 Å². The molecule has 0 amide bonds. The van der Waals surface area contributed by atoms with Crippen LogP contribution in [-0.2, 0) is 16.6 Å². The third kappa shape index (κ3) is 1.89. The fraction of sp³-hybridized carbons (Fsp3) is 0.273. The van der Waals surface area contributed by atoms with Crippen molar-refractivity contribution < 1.29 is 13.5 Å². The molecular weight excluding hydrogens is 226 g/mol. The summed E-state index contributed by atoms with van der Waals surface area (Å²) in [6, 6.07) is 9.27. The molecule has 16 heavy (non-hydrogen) atoms. The van der Waals surface area contributed by atoms with Gasteiger partial charge in [0.15, 0.2) is 0 Å². The standard InChI is InChI=1S/C11H13NO3S/c1-9-11(13)8-12(16(9,14)15)7-10-5-3-2-4-6-10/h2-6,11,13H,1,7-8H2. The maximum atomic E-state index is 11.8. The van der Waals surface area contributed by atoms with Gasteiger partial charge < -0.3 is 5.11 Å². The van der Waals surface area contributed by atoms with Crippen LogP contribution >= 0.6 is 0 Å². The van der Waals surface area contributed by atoms with E-state index < -0.39 is 16.1 Å². The first kappa shape index (κ1) is 11.3. The third-order valence-electron chi connectivity index (χ3n) is 2.62. The highest BCUT2D eigenvalue weighted by atomic mass is 32.2. The second kappa shape index (κ2) is 4.01. The molecule has 1 aliphatic rings. The van der Waals surface area contributed by atoms with E-state index in [1.165, 1.54) is 4.31 Å². The fourth-order valence-corrected chi connectivity index (χ4v) is 3.07. The van der Waals surface area contributed by atoms with Crippen LogP contribution < -0.4 is 0 Å². The number of hydrogen-bond acceptors (Lipinski definition) is 3. The lowest BCUT2D eigenvalue weighted by Crippen LogP contribution is -2.25. The zero-order valence-electron chi connectivity index (χ0n) is 8.70. The first-order valence-corrected chi connectivity index (χ1v) is 6.37. The van der Waals surface area contributed by atoms with Gasteiger partial charge in [0.25, 0.3) is 0 Å². The molecule has 1 N–H and O–H groups in total. The Morgan fingerprint density at radius 2 is 2.00 bits per heavy atom. The maximum absolute atomic E-state index is 11.8. The summed E-state index contributed by atoms with van der Waals surface area (Å²) < 4.78 is 24.8. The van der Waals surface area contributed by atoms with E-state index in [1.807, 2.05) is 30.3 Å². The molecule has 5 heteroatoms. The van der Waals surface area contributed by atoms with E-state index in [2.05, 4.69) is 6.58 Å². The van der Waals surface area contributed by atoms with E-state index in [1.54, 1.807) is 0 Å². The average Bonchev–Trinajstić information content (AvgIpc) is 2.45. The van der Waals surface area contributed by atoms with E-state index in [0.717, 1.165) is 5.56 Å². The Kier molecular flexibility index (Phi) is 2.84. The number of hydrogen-bond donors (Lipinski definition) is 1. The van der Waals surface area contributed by atoms with Crippen LogP contribution in [0.1, 0.15) is 5.56 Å². The van der Waals surface area contributed by atoms with Crippen molar-refractivity contribution in [1.29, 1.82) is 0 Å². The molecule has 1 unspecified atom stereocenters. The molecule has 86 valence electrons. The van der Waals surface area contributed by atoms with E-state index in [-0.39, 0.29) is 18.0 Å². The lowest BCUT2D eigenvalue weighted by atomic mass is 10.2. The molecule has 0 bridgehead atoms. The second-order valence-corrected chi connectivity index (χ2v) is 5.76. The molecule has 1 aliphatic heterocycles. The monoisotopic (exact) mass is 239 g/mol. The van der Waals surface area contributed by atoms with Crippen molar-refractivity contribution in [2.24, 2.45) is 0 Å². The average molecular weight is 239 g/mol. The van der Waals surface area contributed by atoms with E-state index in [9.17, 15) is 13.5 Å². The van der Waals surface area contributed by atoms with Gasteiger partial charge in [0.05, 0.1) is 4.91 Å². The summed E-state index contributed by atoms with van der Waals surface area (Å²) in [5, 5.41) is 9.46. The van der Waals surface area contributed by atoms with Gasteiger partial charge in [-0.15, -0.1) is 0 Å². The molecule has 1 aromatic carbocycles. The first-order valence-electron chi connectivity index (χ1n) is 4.93. The van der Waals surface area contributed by atoms with Gasteiger partial charge in [-0.25, -0.2) is 8.42 Å². The molecule has 1 fully saturated rings. The normalized spacial score (nSPS) is 24.8. The number of rotatable bonds is 2. The van der Waals surface area contributed by atoms with Gasteiger partial charge in [-0.05, 0) is 5.56 Å². The van der Waals surface area contributed by atoms with Crippen molar-refractivity contribution in [3.63, 3.8) is 0 Å². The quantitative estimate of drug-likeness (QED) is 0.826. The summed E-state index contributed by atoms with van der Waals surface area (Å²) in [5.74, 6) is 0. The van der Waals surface area contributed by atoms with E-state index in [4.69, 9.17) is 0 Å². The van der Waals surface area contributed by atoms with Gasteiger partial charge in [0.2, 0.25) is 10.0 Å². The Balaban J connectivity index is 2.22. The Hall–Kier alpha value is -1.17. The highest BCUT2D eigenvalue weighted by Crippen LogP contribution is 2.26. The lowest BCUT2D eigenvalue weighted by molar-refractivity contribution is 0.200. The molecule has 0 radical (unpaired) electrons. The van der Waals surface area contributed by atoms with Crippen molar-refractivity contribution in [3.8, 4) is 0 Å². The van der Waals surface area contributed by atoms with Gasteiger partial charge in [0, 0.05) is 13.1 Å². The molecular formula is C11H13NO3S. The molecule has 1 atom stereocenters. The highest BCUT2D eigenvalue weighted by molar-refractivity contribution is 7.93. The second-order valence-electron chi connectivity index (χ2n) is 3.77. The van der Waals surface area contributed by atoms with Crippen LogP contribution in [0.25, 0.3) is 0 Å². The van der Waals surface area contributed by atoms with Crippen molar-refractivity contribution in [2.75, 3.05) is 6.54 Å². The lowest BCUT2D eigenvalue weighted by Gasteiger charge is -2.13. The van der Waals surface area contributed by atoms with Crippen molar-refractivity contribution in [1.82, 2.24) is 4.31 Å². The first-order chi connectivity index (χ1) is 7.51. The zero-order valence-corrected chi connectivity index (χ0v) is 9.52. The van der Waals surface area contributed by atoms with Crippen molar-refractivity contribution >= 4 is 10.0 Å². The van der Waals surface area contributed by atoms with Crippen LogP contribution in [0.15, 0.2) is 41.8 Å². The van der Waals surface area contributed by atoms with Crippen molar-refractivity contribution in [2.45, 2.75) is 12.6 Å². The minimum Gasteiger partial charge on any atom is -0.386 e. The van der Waals surface area contributed by atoms with E-state index >= 15 is 0 Å². The number of β-amino-alcohol motifs (C(OH)–C–C–N with tert-alkyl or cyclic N) is 1. The van der Waals surface area contributed by atoms with Crippen LogP contribution in [0.3, 0.4) is 0 Å². The fourth-order valence-electron chi connectivity index (χ4n) is 1.67. The number of aliphatic hydroxyl groups is 1. The predicted octanol–water partition coefficient (Wildman–Crippen LogP) is 0.707. The molecule has 0 aliphatic carbocycles. The Labute approximate surface area is 94.9 Å². The minimum atomic E-state index is -3.52. The number of nitrogens with zero attached hydrogens (tertiary/aromatic N) is 1. The van der Waals surface area contributed by atoms with Crippen LogP contribution in [0, 0.1) is 0 Å².